The van der Waals surface area contributed by atoms with Gasteiger partial charge in [0, 0.05) is 11.3 Å². The summed E-state index contributed by atoms with van der Waals surface area (Å²) < 4.78 is 5.66. The standard InChI is InChI=1S/C14H24N2OS/c1-8(2)11-5-6-12(15)13(7-11)18-14-16-9(3)10(4)17-14/h8,11-13H,5-7,15H2,1-4H3. The molecule has 1 aromatic rings. The fraction of sp³-hybridized carbons (Fsp3) is 0.786. The lowest BCUT2D eigenvalue weighted by Crippen LogP contribution is -2.39. The van der Waals surface area contributed by atoms with E-state index < -0.39 is 0 Å². The van der Waals surface area contributed by atoms with E-state index >= 15 is 0 Å². The maximum atomic E-state index is 6.24. The fourth-order valence-corrected chi connectivity index (χ4v) is 3.82. The van der Waals surface area contributed by atoms with Crippen molar-refractivity contribution >= 4 is 11.8 Å². The van der Waals surface area contributed by atoms with Gasteiger partial charge in [-0.25, -0.2) is 4.98 Å². The van der Waals surface area contributed by atoms with Crippen molar-refractivity contribution in [2.24, 2.45) is 17.6 Å². The number of nitrogens with two attached hydrogens (primary N) is 1. The van der Waals surface area contributed by atoms with E-state index in [1.165, 1.54) is 12.8 Å². The molecule has 3 nitrogen and oxygen atoms in total. The Balaban J connectivity index is 2.02. The van der Waals surface area contributed by atoms with E-state index in [1.54, 1.807) is 11.8 Å². The molecule has 4 heteroatoms. The quantitative estimate of drug-likeness (QED) is 0.911. The summed E-state index contributed by atoms with van der Waals surface area (Å²) in [4.78, 5) is 4.45. The molecular weight excluding hydrogens is 244 g/mol. The van der Waals surface area contributed by atoms with Gasteiger partial charge in [0.25, 0.3) is 5.22 Å². The van der Waals surface area contributed by atoms with Gasteiger partial charge in [-0.05, 0) is 44.9 Å². The van der Waals surface area contributed by atoms with E-state index in [4.69, 9.17) is 10.2 Å². The highest BCUT2D eigenvalue weighted by molar-refractivity contribution is 7.99. The van der Waals surface area contributed by atoms with E-state index in [-0.39, 0.29) is 6.04 Å². The first-order valence-corrected chi connectivity index (χ1v) is 7.71. The van der Waals surface area contributed by atoms with Gasteiger partial charge in [-0.15, -0.1) is 0 Å². The average Bonchev–Trinajstić information content (AvgIpc) is 2.61. The summed E-state index contributed by atoms with van der Waals surface area (Å²) in [5, 5.41) is 1.23. The summed E-state index contributed by atoms with van der Waals surface area (Å²) in [6.07, 6.45) is 3.57. The number of nitrogens with zero attached hydrogens (tertiary/aromatic N) is 1. The normalized spacial score (nSPS) is 28.9. The van der Waals surface area contributed by atoms with E-state index in [0.29, 0.717) is 5.25 Å². The number of aryl methyl sites for hydroxylation is 2. The molecule has 3 atom stereocenters. The fourth-order valence-electron chi connectivity index (χ4n) is 2.55. The Labute approximate surface area is 114 Å². The lowest BCUT2D eigenvalue weighted by Gasteiger charge is -2.34. The van der Waals surface area contributed by atoms with E-state index in [2.05, 4.69) is 18.8 Å². The van der Waals surface area contributed by atoms with Crippen molar-refractivity contribution in [2.45, 2.75) is 63.5 Å². The smallest absolute Gasteiger partial charge is 0.256 e. The molecule has 0 aliphatic heterocycles. The van der Waals surface area contributed by atoms with Gasteiger partial charge in [-0.2, -0.15) is 0 Å². The lowest BCUT2D eigenvalue weighted by atomic mass is 9.79. The number of hydrogen-bond acceptors (Lipinski definition) is 4. The third kappa shape index (κ3) is 3.09. The van der Waals surface area contributed by atoms with Crippen LogP contribution < -0.4 is 5.73 Å². The maximum Gasteiger partial charge on any atom is 0.256 e. The molecule has 0 bridgehead atoms. The van der Waals surface area contributed by atoms with Gasteiger partial charge in [0.1, 0.15) is 5.76 Å². The van der Waals surface area contributed by atoms with Crippen LogP contribution >= 0.6 is 11.8 Å². The second-order valence-electron chi connectivity index (χ2n) is 5.76. The third-order valence-corrected chi connectivity index (χ3v) is 5.31. The predicted octanol–water partition coefficient (Wildman–Crippen LogP) is 3.54. The summed E-state index contributed by atoms with van der Waals surface area (Å²) >= 11 is 1.73. The van der Waals surface area contributed by atoms with Crippen LogP contribution in [-0.4, -0.2) is 16.3 Å². The number of rotatable bonds is 3. The molecule has 2 rings (SSSR count). The molecule has 0 amide bonds. The van der Waals surface area contributed by atoms with Gasteiger partial charge in [0.05, 0.1) is 5.69 Å². The maximum absolute atomic E-state index is 6.24. The SMILES string of the molecule is Cc1nc(SC2CC(C(C)C)CCC2N)oc1C. The molecule has 2 N–H and O–H groups in total. The predicted molar refractivity (Wildman–Crippen MR) is 75.8 cm³/mol. The Hall–Kier alpha value is -0.480. The Morgan fingerprint density at radius 3 is 2.61 bits per heavy atom. The van der Waals surface area contributed by atoms with Crippen molar-refractivity contribution in [1.82, 2.24) is 4.98 Å². The Bertz CT molecular complexity index is 383. The molecule has 18 heavy (non-hydrogen) atoms. The van der Waals surface area contributed by atoms with Crippen molar-refractivity contribution in [3.63, 3.8) is 0 Å². The van der Waals surface area contributed by atoms with Crippen molar-refractivity contribution < 1.29 is 4.42 Å². The third-order valence-electron chi connectivity index (χ3n) is 4.09. The van der Waals surface area contributed by atoms with Gasteiger partial charge in [-0.3, -0.25) is 0 Å². The van der Waals surface area contributed by atoms with E-state index in [0.717, 1.165) is 34.9 Å². The molecular formula is C14H24N2OS. The number of thioether (sulfide) groups is 1. The van der Waals surface area contributed by atoms with E-state index in [1.807, 2.05) is 13.8 Å². The zero-order valence-electron chi connectivity index (χ0n) is 11.8. The number of hydrogen-bond donors (Lipinski definition) is 1. The summed E-state index contributed by atoms with van der Waals surface area (Å²) in [5.41, 5.74) is 7.23. The highest BCUT2D eigenvalue weighted by Gasteiger charge is 2.31. The van der Waals surface area contributed by atoms with Gasteiger partial charge >= 0.3 is 0 Å². The molecule has 0 radical (unpaired) electrons. The Kier molecular flexibility index (Phi) is 4.38. The van der Waals surface area contributed by atoms with Gasteiger partial charge in [-0.1, -0.05) is 25.6 Å². The lowest BCUT2D eigenvalue weighted by molar-refractivity contribution is 0.265. The summed E-state index contributed by atoms with van der Waals surface area (Å²) in [7, 11) is 0. The number of oxazole rings is 1. The molecule has 1 aromatic heterocycles. The molecule has 1 heterocycles. The van der Waals surface area contributed by atoms with Crippen LogP contribution in [0.25, 0.3) is 0 Å². The molecule has 1 aliphatic rings. The summed E-state index contributed by atoms with van der Waals surface area (Å²) in [6, 6.07) is 0.275. The zero-order valence-corrected chi connectivity index (χ0v) is 12.6. The highest BCUT2D eigenvalue weighted by atomic mass is 32.2. The summed E-state index contributed by atoms with van der Waals surface area (Å²) in [6.45, 7) is 8.57. The topological polar surface area (TPSA) is 52.0 Å². The minimum absolute atomic E-state index is 0.275. The average molecular weight is 268 g/mol. The zero-order chi connectivity index (χ0) is 13.3. The highest BCUT2D eigenvalue weighted by Crippen LogP contribution is 2.38. The van der Waals surface area contributed by atoms with Crippen molar-refractivity contribution in [2.75, 3.05) is 0 Å². The first-order chi connectivity index (χ1) is 8.47. The summed E-state index contributed by atoms with van der Waals surface area (Å²) in [5.74, 6) is 2.45. The van der Waals surface area contributed by atoms with Crippen LogP contribution in [0.3, 0.4) is 0 Å². The Morgan fingerprint density at radius 2 is 2.06 bits per heavy atom. The molecule has 0 aromatic carbocycles. The minimum atomic E-state index is 0.275. The monoisotopic (exact) mass is 268 g/mol. The van der Waals surface area contributed by atoms with Crippen LogP contribution in [0.2, 0.25) is 0 Å². The van der Waals surface area contributed by atoms with Crippen LogP contribution in [-0.2, 0) is 0 Å². The van der Waals surface area contributed by atoms with Gasteiger partial charge in [0.15, 0.2) is 0 Å². The van der Waals surface area contributed by atoms with Crippen molar-refractivity contribution in [3.8, 4) is 0 Å². The molecule has 1 aliphatic carbocycles. The molecule has 3 unspecified atom stereocenters. The second kappa shape index (κ2) is 5.66. The van der Waals surface area contributed by atoms with Crippen LogP contribution in [0, 0.1) is 25.7 Å². The first kappa shape index (κ1) is 13.9. The van der Waals surface area contributed by atoms with E-state index in [9.17, 15) is 0 Å². The molecule has 0 spiro atoms. The van der Waals surface area contributed by atoms with Gasteiger partial charge in [0.2, 0.25) is 0 Å². The largest absolute Gasteiger partial charge is 0.437 e. The molecule has 1 saturated carbocycles. The van der Waals surface area contributed by atoms with Gasteiger partial charge < -0.3 is 10.2 Å². The Morgan fingerprint density at radius 1 is 1.33 bits per heavy atom. The van der Waals surface area contributed by atoms with Crippen LogP contribution in [0.5, 0.6) is 0 Å². The first-order valence-electron chi connectivity index (χ1n) is 6.83. The van der Waals surface area contributed by atoms with Crippen molar-refractivity contribution in [3.05, 3.63) is 11.5 Å². The van der Waals surface area contributed by atoms with Crippen LogP contribution in [0.15, 0.2) is 9.64 Å². The molecule has 102 valence electrons. The van der Waals surface area contributed by atoms with Crippen molar-refractivity contribution in [1.29, 1.82) is 0 Å². The number of aromatic nitrogens is 1. The second-order valence-corrected chi connectivity index (χ2v) is 6.95. The minimum Gasteiger partial charge on any atom is -0.437 e. The molecule has 1 fully saturated rings. The van der Waals surface area contributed by atoms with Crippen LogP contribution in [0.4, 0.5) is 0 Å². The van der Waals surface area contributed by atoms with Crippen LogP contribution in [0.1, 0.15) is 44.6 Å². The molecule has 0 saturated heterocycles.